The van der Waals surface area contributed by atoms with Crippen LogP contribution in [0.5, 0.6) is 5.75 Å². The van der Waals surface area contributed by atoms with E-state index in [1.807, 2.05) is 67.6 Å². The lowest BCUT2D eigenvalue weighted by Gasteiger charge is -2.28. The Labute approximate surface area is 188 Å². The zero-order valence-electron chi connectivity index (χ0n) is 18.5. The van der Waals surface area contributed by atoms with Gasteiger partial charge >= 0.3 is 0 Å². The summed E-state index contributed by atoms with van der Waals surface area (Å²) in [5, 5.41) is 6.16. The number of carbonyl (C=O) groups excluding carboxylic acids is 1. The number of piperidine rings is 1. The number of nitrogens with zero attached hydrogens (tertiary/aromatic N) is 3. The summed E-state index contributed by atoms with van der Waals surface area (Å²) in [6.07, 6.45) is 3.08. The Morgan fingerprint density at radius 1 is 0.969 bits per heavy atom. The first-order chi connectivity index (χ1) is 15.6. The maximum atomic E-state index is 12.4. The lowest BCUT2D eigenvalue weighted by molar-refractivity contribution is -0.122. The number of para-hydroxylation sites is 1. The summed E-state index contributed by atoms with van der Waals surface area (Å²) in [6.45, 7) is 5.79. The maximum Gasteiger partial charge on any atom is 0.265 e. The lowest BCUT2D eigenvalue weighted by atomic mass is 10.1. The van der Waals surface area contributed by atoms with E-state index in [9.17, 15) is 4.79 Å². The highest BCUT2D eigenvalue weighted by Gasteiger charge is 2.16. The second-order valence-electron chi connectivity index (χ2n) is 8.00. The van der Waals surface area contributed by atoms with Crippen LogP contribution >= 0.6 is 0 Å². The molecule has 1 amide bonds. The molecule has 0 bridgehead atoms. The number of benzene rings is 2. The van der Waals surface area contributed by atoms with E-state index < -0.39 is 6.10 Å². The van der Waals surface area contributed by atoms with Crippen molar-refractivity contribution in [2.45, 2.75) is 39.2 Å². The summed E-state index contributed by atoms with van der Waals surface area (Å²) in [5.74, 6) is 2.00. The van der Waals surface area contributed by atoms with E-state index in [2.05, 4.69) is 20.5 Å². The molecule has 1 saturated heterocycles. The van der Waals surface area contributed by atoms with E-state index >= 15 is 0 Å². The molecular formula is C25H29N5O2. The van der Waals surface area contributed by atoms with Crippen molar-refractivity contribution in [3.05, 3.63) is 66.4 Å². The van der Waals surface area contributed by atoms with Gasteiger partial charge in [0.25, 0.3) is 5.91 Å². The van der Waals surface area contributed by atoms with Crippen LogP contribution in [-0.2, 0) is 4.79 Å². The molecule has 2 aromatic carbocycles. The molecule has 2 N–H and O–H groups in total. The molecule has 0 aliphatic carbocycles. The normalized spacial score (nSPS) is 14.5. The molecule has 166 valence electrons. The van der Waals surface area contributed by atoms with Gasteiger partial charge in [-0.05, 0) is 69.5 Å². The minimum absolute atomic E-state index is 0.206. The van der Waals surface area contributed by atoms with E-state index in [-0.39, 0.29) is 5.91 Å². The number of aromatic nitrogens is 2. The zero-order valence-corrected chi connectivity index (χ0v) is 18.5. The standard InChI is InChI=1S/C25H29N5O2/c1-18-17-23(30-15-7-4-8-16-30)29-25(26-18)28-21-13-11-20(12-14-21)27-24(31)19(2)32-22-9-5-3-6-10-22/h3,5-6,9-14,17,19H,4,7-8,15-16H2,1-2H3,(H,27,31)(H,26,28,29). The number of rotatable bonds is 7. The van der Waals surface area contributed by atoms with Gasteiger partial charge in [0.15, 0.2) is 6.10 Å². The number of anilines is 4. The molecule has 7 heteroatoms. The lowest BCUT2D eigenvalue weighted by Crippen LogP contribution is -2.30. The molecule has 7 nitrogen and oxygen atoms in total. The first-order valence-corrected chi connectivity index (χ1v) is 11.1. The van der Waals surface area contributed by atoms with Crippen molar-refractivity contribution in [1.29, 1.82) is 0 Å². The second-order valence-corrected chi connectivity index (χ2v) is 8.00. The van der Waals surface area contributed by atoms with E-state index in [0.717, 1.165) is 30.3 Å². The van der Waals surface area contributed by atoms with Crippen molar-refractivity contribution in [1.82, 2.24) is 9.97 Å². The van der Waals surface area contributed by atoms with Gasteiger partial charge in [-0.25, -0.2) is 4.98 Å². The van der Waals surface area contributed by atoms with Crippen LogP contribution in [0.4, 0.5) is 23.1 Å². The summed E-state index contributed by atoms with van der Waals surface area (Å²) in [4.78, 5) is 24.0. The Balaban J connectivity index is 1.36. The van der Waals surface area contributed by atoms with Crippen LogP contribution in [0, 0.1) is 6.92 Å². The summed E-state index contributed by atoms with van der Waals surface area (Å²) in [7, 11) is 0. The quantitative estimate of drug-likeness (QED) is 0.552. The molecule has 1 atom stereocenters. The van der Waals surface area contributed by atoms with E-state index in [4.69, 9.17) is 9.72 Å². The zero-order chi connectivity index (χ0) is 22.3. The number of amides is 1. The van der Waals surface area contributed by atoms with Crippen LogP contribution in [0.3, 0.4) is 0 Å². The molecule has 1 aromatic heterocycles. The van der Waals surface area contributed by atoms with Crippen molar-refractivity contribution >= 4 is 29.0 Å². The van der Waals surface area contributed by atoms with Gasteiger partial charge in [-0.2, -0.15) is 4.98 Å². The molecule has 1 fully saturated rings. The first-order valence-electron chi connectivity index (χ1n) is 11.1. The molecule has 1 aliphatic rings. The van der Waals surface area contributed by atoms with Gasteiger partial charge in [-0.3, -0.25) is 4.79 Å². The molecule has 0 saturated carbocycles. The summed E-state index contributed by atoms with van der Waals surface area (Å²) < 4.78 is 5.68. The maximum absolute atomic E-state index is 12.4. The van der Waals surface area contributed by atoms with Crippen molar-refractivity contribution < 1.29 is 9.53 Å². The first kappa shape index (κ1) is 21.6. The number of nitrogens with one attached hydrogen (secondary N) is 2. The third kappa shape index (κ3) is 5.75. The van der Waals surface area contributed by atoms with Gasteiger partial charge in [0.05, 0.1) is 0 Å². The summed E-state index contributed by atoms with van der Waals surface area (Å²) in [6, 6.07) is 18.8. The average molecular weight is 432 g/mol. The minimum atomic E-state index is -0.607. The van der Waals surface area contributed by atoms with Crippen LogP contribution < -0.4 is 20.3 Å². The Hall–Kier alpha value is -3.61. The second kappa shape index (κ2) is 10.1. The number of ether oxygens (including phenoxy) is 1. The predicted octanol–water partition coefficient (Wildman–Crippen LogP) is 4.92. The number of hydrogen-bond donors (Lipinski definition) is 2. The molecule has 2 heterocycles. The van der Waals surface area contributed by atoms with Crippen molar-refractivity contribution in [2.75, 3.05) is 28.6 Å². The molecular weight excluding hydrogens is 402 g/mol. The van der Waals surface area contributed by atoms with Gasteiger partial charge in [-0.15, -0.1) is 0 Å². The van der Waals surface area contributed by atoms with Crippen molar-refractivity contribution in [3.63, 3.8) is 0 Å². The number of aryl methyl sites for hydroxylation is 1. The van der Waals surface area contributed by atoms with E-state index in [1.54, 1.807) is 6.92 Å². The highest BCUT2D eigenvalue weighted by molar-refractivity contribution is 5.94. The fourth-order valence-electron chi connectivity index (χ4n) is 3.66. The fraction of sp³-hybridized carbons (Fsp3) is 0.320. The Bertz CT molecular complexity index is 1030. The fourth-order valence-corrected chi connectivity index (χ4v) is 3.66. The largest absolute Gasteiger partial charge is 0.481 e. The van der Waals surface area contributed by atoms with Gasteiger partial charge in [0, 0.05) is 36.2 Å². The Kier molecular flexibility index (Phi) is 6.84. The molecule has 1 unspecified atom stereocenters. The summed E-state index contributed by atoms with van der Waals surface area (Å²) in [5.41, 5.74) is 2.48. The van der Waals surface area contributed by atoms with Gasteiger partial charge < -0.3 is 20.3 Å². The van der Waals surface area contributed by atoms with Gasteiger partial charge in [-0.1, -0.05) is 18.2 Å². The average Bonchev–Trinajstić information content (AvgIpc) is 2.81. The molecule has 0 radical (unpaired) electrons. The van der Waals surface area contributed by atoms with Crippen LogP contribution in [0.1, 0.15) is 31.9 Å². The SMILES string of the molecule is Cc1cc(N2CCCCC2)nc(Nc2ccc(NC(=O)C(C)Oc3ccccc3)cc2)n1. The Morgan fingerprint density at radius 3 is 2.38 bits per heavy atom. The highest BCUT2D eigenvalue weighted by Crippen LogP contribution is 2.22. The molecule has 3 aromatic rings. The monoisotopic (exact) mass is 431 g/mol. The number of carbonyl (C=O) groups is 1. The van der Waals surface area contributed by atoms with Crippen molar-refractivity contribution in [3.8, 4) is 5.75 Å². The van der Waals surface area contributed by atoms with E-state index in [0.29, 0.717) is 17.4 Å². The molecule has 1 aliphatic heterocycles. The highest BCUT2D eigenvalue weighted by atomic mass is 16.5. The third-order valence-electron chi connectivity index (χ3n) is 5.35. The van der Waals surface area contributed by atoms with Gasteiger partial charge in [0.2, 0.25) is 5.95 Å². The van der Waals surface area contributed by atoms with Crippen LogP contribution in [0.15, 0.2) is 60.7 Å². The molecule has 32 heavy (non-hydrogen) atoms. The van der Waals surface area contributed by atoms with Crippen LogP contribution in [0.2, 0.25) is 0 Å². The minimum Gasteiger partial charge on any atom is -0.481 e. The Morgan fingerprint density at radius 2 is 1.66 bits per heavy atom. The van der Waals surface area contributed by atoms with Crippen LogP contribution in [0.25, 0.3) is 0 Å². The van der Waals surface area contributed by atoms with E-state index in [1.165, 1.54) is 19.3 Å². The molecule has 4 rings (SSSR count). The smallest absolute Gasteiger partial charge is 0.265 e. The topological polar surface area (TPSA) is 79.4 Å². The van der Waals surface area contributed by atoms with Crippen LogP contribution in [-0.4, -0.2) is 35.1 Å². The molecule has 0 spiro atoms. The number of hydrogen-bond acceptors (Lipinski definition) is 6. The van der Waals surface area contributed by atoms with Crippen molar-refractivity contribution in [2.24, 2.45) is 0 Å². The summed E-state index contributed by atoms with van der Waals surface area (Å²) >= 11 is 0. The third-order valence-corrected chi connectivity index (χ3v) is 5.35. The predicted molar refractivity (Wildman–Crippen MR) is 128 cm³/mol. The van der Waals surface area contributed by atoms with Gasteiger partial charge in [0.1, 0.15) is 11.6 Å².